The Morgan fingerprint density at radius 3 is 3.15 bits per heavy atom. The highest BCUT2D eigenvalue weighted by Gasteiger charge is 2.20. The van der Waals surface area contributed by atoms with Crippen LogP contribution in [0.4, 0.5) is 5.69 Å². The zero-order valence-corrected chi connectivity index (χ0v) is 7.92. The van der Waals surface area contributed by atoms with Crippen molar-refractivity contribution >= 4 is 5.69 Å². The van der Waals surface area contributed by atoms with Crippen molar-refractivity contribution in [3.05, 3.63) is 29.8 Å². The third-order valence-electron chi connectivity index (χ3n) is 2.61. The van der Waals surface area contributed by atoms with Gasteiger partial charge in [0, 0.05) is 31.9 Å². The highest BCUT2D eigenvalue weighted by Crippen LogP contribution is 2.32. The molecule has 1 aromatic rings. The van der Waals surface area contributed by atoms with E-state index < -0.39 is 0 Å². The zero-order chi connectivity index (χ0) is 9.10. The normalized spacial score (nSPS) is 19.6. The van der Waals surface area contributed by atoms with Crippen molar-refractivity contribution < 1.29 is 4.74 Å². The second-order valence-corrected chi connectivity index (χ2v) is 3.45. The number of benzene rings is 1. The molecule has 70 valence electrons. The van der Waals surface area contributed by atoms with Crippen molar-refractivity contribution in [1.82, 2.24) is 0 Å². The van der Waals surface area contributed by atoms with Crippen LogP contribution >= 0.6 is 0 Å². The lowest BCUT2D eigenvalue weighted by Gasteiger charge is -2.08. The van der Waals surface area contributed by atoms with E-state index in [1.54, 1.807) is 7.11 Å². The van der Waals surface area contributed by atoms with Crippen LogP contribution in [0.2, 0.25) is 0 Å². The highest BCUT2D eigenvalue weighted by atomic mass is 16.5. The number of ether oxygens (including phenoxy) is 1. The Bertz CT molecular complexity index is 285. The highest BCUT2D eigenvalue weighted by molar-refractivity contribution is 5.57. The van der Waals surface area contributed by atoms with Gasteiger partial charge < -0.3 is 10.1 Å². The number of nitrogens with one attached hydrogen (secondary N) is 1. The number of anilines is 1. The quantitative estimate of drug-likeness (QED) is 0.764. The summed E-state index contributed by atoms with van der Waals surface area (Å²) in [5.74, 6) is 0.635. The van der Waals surface area contributed by atoms with Crippen molar-refractivity contribution in [1.29, 1.82) is 0 Å². The fourth-order valence-corrected chi connectivity index (χ4v) is 1.87. The first kappa shape index (κ1) is 8.57. The summed E-state index contributed by atoms with van der Waals surface area (Å²) in [5, 5.41) is 3.40. The van der Waals surface area contributed by atoms with Crippen LogP contribution in [-0.4, -0.2) is 20.3 Å². The molecule has 0 amide bonds. The molecular formula is C11H15NO. The molecule has 1 heterocycles. The van der Waals surface area contributed by atoms with Crippen molar-refractivity contribution in [3.63, 3.8) is 0 Å². The van der Waals surface area contributed by atoms with Gasteiger partial charge in [-0.15, -0.1) is 0 Å². The predicted molar refractivity (Wildman–Crippen MR) is 54.2 cm³/mol. The van der Waals surface area contributed by atoms with Gasteiger partial charge >= 0.3 is 0 Å². The van der Waals surface area contributed by atoms with Crippen molar-refractivity contribution in [3.8, 4) is 0 Å². The number of hydrogen-bond acceptors (Lipinski definition) is 2. The molecule has 1 aliphatic rings. The fraction of sp³-hybridized carbons (Fsp3) is 0.455. The summed E-state index contributed by atoms with van der Waals surface area (Å²) in [6, 6.07) is 8.52. The minimum absolute atomic E-state index is 0.635. The van der Waals surface area contributed by atoms with Gasteiger partial charge in [0.25, 0.3) is 0 Å². The Kier molecular flexibility index (Phi) is 2.50. The van der Waals surface area contributed by atoms with Crippen LogP contribution in [0.5, 0.6) is 0 Å². The molecule has 0 saturated heterocycles. The average molecular weight is 177 g/mol. The molecule has 0 bridgehead atoms. The SMILES string of the molecule is COCCC1CNc2ccccc21. The van der Waals surface area contributed by atoms with E-state index in [4.69, 9.17) is 4.74 Å². The van der Waals surface area contributed by atoms with Gasteiger partial charge in [0.1, 0.15) is 0 Å². The lowest BCUT2D eigenvalue weighted by molar-refractivity contribution is 0.189. The van der Waals surface area contributed by atoms with Crippen LogP contribution < -0.4 is 5.32 Å². The van der Waals surface area contributed by atoms with Gasteiger partial charge in [0.2, 0.25) is 0 Å². The molecule has 2 heteroatoms. The summed E-state index contributed by atoms with van der Waals surface area (Å²) in [4.78, 5) is 0. The van der Waals surface area contributed by atoms with Gasteiger partial charge in [-0.2, -0.15) is 0 Å². The van der Waals surface area contributed by atoms with E-state index >= 15 is 0 Å². The first-order valence-corrected chi connectivity index (χ1v) is 4.73. The van der Waals surface area contributed by atoms with Gasteiger partial charge in [-0.3, -0.25) is 0 Å². The maximum atomic E-state index is 5.09. The molecule has 2 nitrogen and oxygen atoms in total. The summed E-state index contributed by atoms with van der Waals surface area (Å²) in [7, 11) is 1.76. The van der Waals surface area contributed by atoms with Crippen molar-refractivity contribution in [2.24, 2.45) is 0 Å². The Morgan fingerprint density at radius 1 is 1.46 bits per heavy atom. The standard InChI is InChI=1S/C11H15NO/c1-13-7-6-9-8-12-11-5-3-2-4-10(9)11/h2-5,9,12H,6-8H2,1H3. The molecule has 1 N–H and O–H groups in total. The maximum Gasteiger partial charge on any atom is 0.0468 e. The van der Waals surface area contributed by atoms with E-state index in [-0.39, 0.29) is 0 Å². The van der Waals surface area contributed by atoms with Gasteiger partial charge in [0.05, 0.1) is 0 Å². The Balaban J connectivity index is 2.09. The van der Waals surface area contributed by atoms with Gasteiger partial charge in [-0.25, -0.2) is 0 Å². The van der Waals surface area contributed by atoms with Crippen LogP contribution in [-0.2, 0) is 4.74 Å². The van der Waals surface area contributed by atoms with Crippen LogP contribution in [0.3, 0.4) is 0 Å². The molecule has 0 radical (unpaired) electrons. The summed E-state index contributed by atoms with van der Waals surface area (Å²) < 4.78 is 5.09. The molecule has 0 spiro atoms. The molecule has 1 unspecified atom stereocenters. The maximum absolute atomic E-state index is 5.09. The van der Waals surface area contributed by atoms with E-state index in [2.05, 4.69) is 29.6 Å². The van der Waals surface area contributed by atoms with Gasteiger partial charge in [-0.05, 0) is 18.1 Å². The fourth-order valence-electron chi connectivity index (χ4n) is 1.87. The lowest BCUT2D eigenvalue weighted by Crippen LogP contribution is -2.04. The van der Waals surface area contributed by atoms with E-state index in [0.29, 0.717) is 5.92 Å². The molecule has 1 aliphatic heterocycles. The number of hydrogen-bond donors (Lipinski definition) is 1. The molecular weight excluding hydrogens is 162 g/mol. The second-order valence-electron chi connectivity index (χ2n) is 3.45. The molecule has 1 atom stereocenters. The Labute approximate surface area is 78.9 Å². The first-order valence-electron chi connectivity index (χ1n) is 4.73. The molecule has 2 rings (SSSR count). The molecule has 0 saturated carbocycles. The van der Waals surface area contributed by atoms with Crippen molar-refractivity contribution in [2.45, 2.75) is 12.3 Å². The number of fused-ring (bicyclic) bond motifs is 1. The third kappa shape index (κ3) is 1.68. The largest absolute Gasteiger partial charge is 0.385 e. The predicted octanol–water partition coefficient (Wildman–Crippen LogP) is 2.23. The lowest BCUT2D eigenvalue weighted by atomic mass is 9.98. The smallest absolute Gasteiger partial charge is 0.0468 e. The molecule has 1 aromatic carbocycles. The second kappa shape index (κ2) is 3.79. The van der Waals surface area contributed by atoms with Crippen LogP contribution in [0.1, 0.15) is 17.9 Å². The van der Waals surface area contributed by atoms with Crippen LogP contribution in [0.15, 0.2) is 24.3 Å². The minimum atomic E-state index is 0.635. The van der Waals surface area contributed by atoms with E-state index in [9.17, 15) is 0 Å². The van der Waals surface area contributed by atoms with E-state index in [0.717, 1.165) is 19.6 Å². The number of para-hydroxylation sites is 1. The number of methoxy groups -OCH3 is 1. The molecule has 0 fully saturated rings. The van der Waals surface area contributed by atoms with E-state index in [1.165, 1.54) is 11.3 Å². The Hall–Kier alpha value is -1.02. The van der Waals surface area contributed by atoms with Gasteiger partial charge in [0.15, 0.2) is 0 Å². The topological polar surface area (TPSA) is 21.3 Å². The van der Waals surface area contributed by atoms with E-state index in [1.807, 2.05) is 0 Å². The Morgan fingerprint density at radius 2 is 2.31 bits per heavy atom. The minimum Gasteiger partial charge on any atom is -0.385 e. The summed E-state index contributed by atoms with van der Waals surface area (Å²) in [5.41, 5.74) is 2.74. The summed E-state index contributed by atoms with van der Waals surface area (Å²) >= 11 is 0. The number of rotatable bonds is 3. The monoisotopic (exact) mass is 177 g/mol. The van der Waals surface area contributed by atoms with Crippen LogP contribution in [0, 0.1) is 0 Å². The zero-order valence-electron chi connectivity index (χ0n) is 7.92. The average Bonchev–Trinajstić information content (AvgIpc) is 2.58. The summed E-state index contributed by atoms with van der Waals surface area (Å²) in [6.07, 6.45) is 1.11. The van der Waals surface area contributed by atoms with Crippen LogP contribution in [0.25, 0.3) is 0 Å². The molecule has 0 aromatic heterocycles. The molecule has 13 heavy (non-hydrogen) atoms. The molecule has 0 aliphatic carbocycles. The first-order chi connectivity index (χ1) is 6.42. The van der Waals surface area contributed by atoms with Crippen molar-refractivity contribution in [2.75, 3.05) is 25.6 Å². The summed E-state index contributed by atoms with van der Waals surface area (Å²) in [6.45, 7) is 1.91. The third-order valence-corrected chi connectivity index (χ3v) is 2.61. The van der Waals surface area contributed by atoms with Gasteiger partial charge in [-0.1, -0.05) is 18.2 Å².